The number of nitrogens with zero attached hydrogens (tertiary/aromatic N) is 2. The highest BCUT2D eigenvalue weighted by Gasteiger charge is 2.43. The van der Waals surface area contributed by atoms with Crippen molar-refractivity contribution in [2.24, 2.45) is 5.41 Å². The highest BCUT2D eigenvalue weighted by atomic mass is 32.1. The number of amides is 1. The first-order valence-corrected chi connectivity index (χ1v) is 7.95. The first-order valence-electron chi connectivity index (χ1n) is 7.00. The smallest absolute Gasteiger partial charge is 0.273 e. The molecular formula is C14H20N2O3S. The van der Waals surface area contributed by atoms with Crippen molar-refractivity contribution in [3.63, 3.8) is 0 Å². The van der Waals surface area contributed by atoms with E-state index in [9.17, 15) is 4.79 Å². The number of aromatic nitrogens is 1. The van der Waals surface area contributed by atoms with E-state index in [-0.39, 0.29) is 17.4 Å². The Morgan fingerprint density at radius 3 is 3.05 bits per heavy atom. The summed E-state index contributed by atoms with van der Waals surface area (Å²) in [5.41, 5.74) is 2.53. The molecule has 5 nitrogen and oxygen atoms in total. The fraction of sp³-hybridized carbons (Fsp3) is 0.714. The maximum Gasteiger partial charge on any atom is 0.273 e. The normalized spacial score (nSPS) is 25.2. The van der Waals surface area contributed by atoms with Gasteiger partial charge in [0.05, 0.1) is 24.8 Å². The molecular weight excluding hydrogens is 276 g/mol. The third-order valence-corrected chi connectivity index (χ3v) is 4.99. The van der Waals surface area contributed by atoms with E-state index >= 15 is 0 Å². The first-order chi connectivity index (χ1) is 9.72. The fourth-order valence-corrected chi connectivity index (χ4v) is 3.73. The predicted molar refractivity (Wildman–Crippen MR) is 75.9 cm³/mol. The van der Waals surface area contributed by atoms with Crippen LogP contribution in [-0.2, 0) is 9.47 Å². The Balaban J connectivity index is 1.56. The molecule has 1 aromatic rings. The molecule has 3 heterocycles. The summed E-state index contributed by atoms with van der Waals surface area (Å²) < 4.78 is 11.0. The lowest BCUT2D eigenvalue weighted by atomic mass is 9.76. The number of hydrogen-bond acceptors (Lipinski definition) is 5. The largest absolute Gasteiger partial charge is 0.382 e. The molecule has 0 saturated carbocycles. The van der Waals surface area contributed by atoms with Gasteiger partial charge in [-0.2, -0.15) is 0 Å². The Morgan fingerprint density at radius 1 is 1.60 bits per heavy atom. The molecule has 6 heteroatoms. The number of hydrogen-bond donors (Lipinski definition) is 0. The van der Waals surface area contributed by atoms with Crippen molar-refractivity contribution in [1.82, 2.24) is 9.88 Å². The summed E-state index contributed by atoms with van der Waals surface area (Å²) in [6.07, 6.45) is 3.31. The lowest BCUT2D eigenvalue weighted by Crippen LogP contribution is -2.43. The number of carbonyl (C=O) groups excluding carboxylic acids is 1. The summed E-state index contributed by atoms with van der Waals surface area (Å²) in [5, 5.41) is 1.82. The molecule has 1 amide bonds. The van der Waals surface area contributed by atoms with E-state index in [1.165, 1.54) is 11.3 Å². The SMILES string of the molecule is COC[C@@H]1CC2(CCN(C(=O)c3cscn3)CC2)CO1. The summed E-state index contributed by atoms with van der Waals surface area (Å²) in [6.45, 7) is 3.09. The number of ether oxygens (including phenoxy) is 2. The number of likely N-dealkylation sites (tertiary alicyclic amines) is 1. The topological polar surface area (TPSA) is 51.7 Å². The second-order valence-electron chi connectivity index (χ2n) is 5.76. The van der Waals surface area contributed by atoms with Crippen LogP contribution < -0.4 is 0 Å². The van der Waals surface area contributed by atoms with Crippen LogP contribution in [0.2, 0.25) is 0 Å². The molecule has 1 atom stereocenters. The molecule has 2 aliphatic rings. The Labute approximate surface area is 122 Å². The van der Waals surface area contributed by atoms with Gasteiger partial charge in [-0.1, -0.05) is 0 Å². The highest BCUT2D eigenvalue weighted by molar-refractivity contribution is 7.07. The second kappa shape index (κ2) is 5.79. The molecule has 2 saturated heterocycles. The molecule has 20 heavy (non-hydrogen) atoms. The van der Waals surface area contributed by atoms with Gasteiger partial charge >= 0.3 is 0 Å². The summed E-state index contributed by atoms with van der Waals surface area (Å²) in [5.74, 6) is 0.0634. The predicted octanol–water partition coefficient (Wildman–Crippen LogP) is 1.80. The Hall–Kier alpha value is -0.980. The van der Waals surface area contributed by atoms with Crippen LogP contribution in [0, 0.1) is 5.41 Å². The number of methoxy groups -OCH3 is 1. The Kier molecular flexibility index (Phi) is 4.05. The number of thiazole rings is 1. The van der Waals surface area contributed by atoms with Gasteiger partial charge in [0.1, 0.15) is 5.69 Å². The average Bonchev–Trinajstić information content (AvgIpc) is 3.10. The minimum Gasteiger partial charge on any atom is -0.382 e. The van der Waals surface area contributed by atoms with Gasteiger partial charge in [0.25, 0.3) is 5.91 Å². The molecule has 3 rings (SSSR count). The fourth-order valence-electron chi connectivity index (χ4n) is 3.20. The van der Waals surface area contributed by atoms with Gasteiger partial charge in [0.2, 0.25) is 0 Å². The van der Waals surface area contributed by atoms with Gasteiger partial charge < -0.3 is 14.4 Å². The molecule has 0 bridgehead atoms. The third-order valence-electron chi connectivity index (χ3n) is 4.40. The van der Waals surface area contributed by atoms with E-state index in [0.29, 0.717) is 12.3 Å². The zero-order chi connectivity index (χ0) is 14.0. The van der Waals surface area contributed by atoms with Crippen molar-refractivity contribution in [2.45, 2.75) is 25.4 Å². The van der Waals surface area contributed by atoms with Gasteiger partial charge in [-0.15, -0.1) is 11.3 Å². The molecule has 2 aliphatic heterocycles. The van der Waals surface area contributed by atoms with Crippen molar-refractivity contribution < 1.29 is 14.3 Å². The minimum absolute atomic E-state index is 0.0634. The molecule has 0 unspecified atom stereocenters. The third kappa shape index (κ3) is 2.73. The van der Waals surface area contributed by atoms with Crippen LogP contribution in [0.15, 0.2) is 10.9 Å². The van der Waals surface area contributed by atoms with Gasteiger partial charge in [-0.25, -0.2) is 4.98 Å². The van der Waals surface area contributed by atoms with Gasteiger partial charge in [0, 0.05) is 25.6 Å². The van der Waals surface area contributed by atoms with E-state index in [1.54, 1.807) is 12.6 Å². The van der Waals surface area contributed by atoms with Crippen LogP contribution in [0.25, 0.3) is 0 Å². The summed E-state index contributed by atoms with van der Waals surface area (Å²) in [7, 11) is 1.71. The molecule has 0 N–H and O–H groups in total. The van der Waals surface area contributed by atoms with Gasteiger partial charge in [-0.3, -0.25) is 4.79 Å². The average molecular weight is 296 g/mol. The van der Waals surface area contributed by atoms with Crippen molar-refractivity contribution >= 4 is 17.2 Å². The standard InChI is InChI=1S/C14H20N2O3S/c1-18-7-11-6-14(9-19-11)2-4-16(5-3-14)13(17)12-8-20-10-15-12/h8,10-11H,2-7,9H2,1H3/t11-/m0/s1. The van der Waals surface area contributed by atoms with Crippen LogP contribution in [0.3, 0.4) is 0 Å². The Morgan fingerprint density at radius 2 is 2.40 bits per heavy atom. The quantitative estimate of drug-likeness (QED) is 0.853. The maximum atomic E-state index is 12.2. The number of rotatable bonds is 3. The summed E-state index contributed by atoms with van der Waals surface area (Å²) in [4.78, 5) is 18.3. The maximum absolute atomic E-state index is 12.2. The van der Waals surface area contributed by atoms with E-state index in [4.69, 9.17) is 9.47 Å². The van der Waals surface area contributed by atoms with Crippen molar-refractivity contribution in [3.8, 4) is 0 Å². The lowest BCUT2D eigenvalue weighted by Gasteiger charge is -2.38. The number of piperidine rings is 1. The van der Waals surface area contributed by atoms with Crippen LogP contribution >= 0.6 is 11.3 Å². The van der Waals surface area contributed by atoms with E-state index in [2.05, 4.69) is 4.98 Å². The van der Waals surface area contributed by atoms with Crippen LogP contribution in [0.1, 0.15) is 29.8 Å². The monoisotopic (exact) mass is 296 g/mol. The van der Waals surface area contributed by atoms with Gasteiger partial charge in [-0.05, 0) is 24.7 Å². The molecule has 2 fully saturated rings. The van der Waals surface area contributed by atoms with Crippen molar-refractivity contribution in [2.75, 3.05) is 33.4 Å². The minimum atomic E-state index is 0.0634. The van der Waals surface area contributed by atoms with E-state index in [1.807, 2.05) is 10.3 Å². The van der Waals surface area contributed by atoms with Crippen molar-refractivity contribution in [3.05, 3.63) is 16.6 Å². The van der Waals surface area contributed by atoms with Crippen LogP contribution in [-0.4, -0.2) is 55.3 Å². The van der Waals surface area contributed by atoms with Gasteiger partial charge in [0.15, 0.2) is 0 Å². The molecule has 1 aromatic heterocycles. The molecule has 0 radical (unpaired) electrons. The molecule has 0 aliphatic carbocycles. The van der Waals surface area contributed by atoms with E-state index in [0.717, 1.165) is 39.0 Å². The van der Waals surface area contributed by atoms with Crippen LogP contribution in [0.4, 0.5) is 0 Å². The second-order valence-corrected chi connectivity index (χ2v) is 6.48. The first kappa shape index (κ1) is 14.0. The molecule has 0 aromatic carbocycles. The Bertz CT molecular complexity index is 455. The lowest BCUT2D eigenvalue weighted by molar-refractivity contribution is 0.0280. The zero-order valence-corrected chi connectivity index (χ0v) is 12.5. The molecule has 1 spiro atoms. The summed E-state index contributed by atoms with van der Waals surface area (Å²) >= 11 is 1.46. The van der Waals surface area contributed by atoms with E-state index < -0.39 is 0 Å². The zero-order valence-electron chi connectivity index (χ0n) is 11.7. The summed E-state index contributed by atoms with van der Waals surface area (Å²) in [6, 6.07) is 0. The molecule has 110 valence electrons. The highest BCUT2D eigenvalue weighted by Crippen LogP contribution is 2.42. The van der Waals surface area contributed by atoms with Crippen LogP contribution in [0.5, 0.6) is 0 Å². The van der Waals surface area contributed by atoms with Crippen molar-refractivity contribution in [1.29, 1.82) is 0 Å². The number of carbonyl (C=O) groups is 1.